The van der Waals surface area contributed by atoms with Crippen LogP contribution in [0.15, 0.2) is 27.7 Å². The number of hydrogen-bond donors (Lipinski definition) is 1. The van der Waals surface area contributed by atoms with E-state index in [1.54, 1.807) is 22.7 Å². The summed E-state index contributed by atoms with van der Waals surface area (Å²) in [7, 11) is 0. The summed E-state index contributed by atoms with van der Waals surface area (Å²) in [4.78, 5) is 25.0. The van der Waals surface area contributed by atoms with Gasteiger partial charge in [-0.1, -0.05) is 18.9 Å². The van der Waals surface area contributed by atoms with Crippen LogP contribution in [0.4, 0.5) is 0 Å². The van der Waals surface area contributed by atoms with E-state index in [-0.39, 0.29) is 11.6 Å². The van der Waals surface area contributed by atoms with Crippen LogP contribution in [-0.2, 0) is 0 Å². The Morgan fingerprint density at radius 3 is 2.71 bits per heavy atom. The number of aromatic nitrogens is 2. The van der Waals surface area contributed by atoms with Gasteiger partial charge in [-0.05, 0) is 44.3 Å². The molecule has 4 nitrogen and oxygen atoms in total. The van der Waals surface area contributed by atoms with Gasteiger partial charge in [0, 0.05) is 15.8 Å². The Kier molecular flexibility index (Phi) is 4.52. The molecule has 0 radical (unpaired) electrons. The number of H-pyrrole nitrogens is 1. The molecule has 0 unspecified atom stereocenters. The number of rotatable bonds is 3. The second-order valence-corrected chi connectivity index (χ2v) is 8.19. The van der Waals surface area contributed by atoms with Crippen molar-refractivity contribution in [1.29, 1.82) is 0 Å². The topological polar surface area (TPSA) is 49.0 Å². The molecule has 4 heterocycles. The molecular formula is C18H21N3OS2. The maximum absolute atomic E-state index is 12.7. The quantitative estimate of drug-likeness (QED) is 0.740. The molecule has 24 heavy (non-hydrogen) atoms. The summed E-state index contributed by atoms with van der Waals surface area (Å²) < 4.78 is 0. The van der Waals surface area contributed by atoms with Gasteiger partial charge in [-0.3, -0.25) is 9.69 Å². The van der Waals surface area contributed by atoms with Crippen molar-refractivity contribution < 1.29 is 0 Å². The van der Waals surface area contributed by atoms with Crippen molar-refractivity contribution in [2.45, 2.75) is 38.6 Å². The van der Waals surface area contributed by atoms with Crippen LogP contribution < -0.4 is 5.56 Å². The van der Waals surface area contributed by atoms with Gasteiger partial charge in [-0.2, -0.15) is 0 Å². The molecule has 0 amide bonds. The predicted molar refractivity (Wildman–Crippen MR) is 102 cm³/mol. The fourth-order valence-electron chi connectivity index (χ4n) is 3.43. The maximum Gasteiger partial charge on any atom is 0.260 e. The molecule has 6 heteroatoms. The summed E-state index contributed by atoms with van der Waals surface area (Å²) in [5, 5.41) is 4.82. The molecule has 0 aromatic carbocycles. The second kappa shape index (κ2) is 6.78. The molecule has 1 fully saturated rings. The van der Waals surface area contributed by atoms with Crippen LogP contribution in [0.1, 0.15) is 44.5 Å². The lowest BCUT2D eigenvalue weighted by atomic mass is 10.2. The molecule has 1 saturated heterocycles. The van der Waals surface area contributed by atoms with E-state index in [2.05, 4.69) is 28.3 Å². The Morgan fingerprint density at radius 2 is 2.00 bits per heavy atom. The van der Waals surface area contributed by atoms with Gasteiger partial charge >= 0.3 is 0 Å². The van der Waals surface area contributed by atoms with Crippen LogP contribution in [-0.4, -0.2) is 28.0 Å². The third-order valence-electron chi connectivity index (χ3n) is 4.83. The van der Waals surface area contributed by atoms with Crippen LogP contribution in [0.5, 0.6) is 0 Å². The fourth-order valence-corrected chi connectivity index (χ4v) is 5.20. The molecule has 0 spiro atoms. The Morgan fingerprint density at radius 1 is 1.21 bits per heavy atom. The van der Waals surface area contributed by atoms with E-state index in [1.165, 1.54) is 25.7 Å². The highest BCUT2D eigenvalue weighted by atomic mass is 32.1. The number of nitrogens with zero attached hydrogens (tertiary/aromatic N) is 2. The largest absolute Gasteiger partial charge is 0.309 e. The first-order valence-corrected chi connectivity index (χ1v) is 10.3. The number of likely N-dealkylation sites (tertiary alicyclic amines) is 1. The zero-order valence-corrected chi connectivity index (χ0v) is 15.4. The molecule has 4 rings (SSSR count). The van der Waals surface area contributed by atoms with Crippen LogP contribution in [0, 0.1) is 0 Å². The van der Waals surface area contributed by atoms with Crippen molar-refractivity contribution in [1.82, 2.24) is 14.9 Å². The van der Waals surface area contributed by atoms with Gasteiger partial charge in [0.05, 0.1) is 11.4 Å². The molecule has 3 aromatic rings. The summed E-state index contributed by atoms with van der Waals surface area (Å²) >= 11 is 3.22. The number of fused-ring (bicyclic) bond motifs is 1. The third-order valence-corrected chi connectivity index (χ3v) is 6.61. The molecule has 3 aromatic heterocycles. The first-order chi connectivity index (χ1) is 11.7. The highest BCUT2D eigenvalue weighted by molar-refractivity contribution is 7.18. The second-order valence-electron chi connectivity index (χ2n) is 6.38. The summed E-state index contributed by atoms with van der Waals surface area (Å²) in [6.45, 7) is 4.34. The molecule has 1 aliphatic heterocycles. The van der Waals surface area contributed by atoms with Gasteiger partial charge in [0.1, 0.15) is 10.7 Å². The Bertz CT molecular complexity index is 873. The maximum atomic E-state index is 12.7. The van der Waals surface area contributed by atoms with E-state index in [9.17, 15) is 4.79 Å². The Hall–Kier alpha value is -1.50. The Balaban J connectivity index is 1.72. The molecule has 1 atom stereocenters. The first kappa shape index (κ1) is 16.0. The number of nitrogens with one attached hydrogen (secondary N) is 1. The van der Waals surface area contributed by atoms with Crippen LogP contribution >= 0.6 is 22.7 Å². The standard InChI is InChI=1S/C18H21N3OS2/c1-12(21-8-4-2-3-5-9-21)16-19-17(22)15-13(11-24-18(15)20-16)14-7-6-10-23-14/h6-7,10-12H,2-5,8-9H2,1H3,(H,19,20,22)/t12-/m0/s1. The van der Waals surface area contributed by atoms with Crippen LogP contribution in [0.25, 0.3) is 20.7 Å². The predicted octanol–water partition coefficient (Wildman–Crippen LogP) is 4.65. The van der Waals surface area contributed by atoms with Gasteiger partial charge in [0.2, 0.25) is 0 Å². The molecule has 0 bridgehead atoms. The van der Waals surface area contributed by atoms with Crippen molar-refractivity contribution in [3.63, 3.8) is 0 Å². The average Bonchev–Trinajstić information content (AvgIpc) is 3.17. The van der Waals surface area contributed by atoms with E-state index < -0.39 is 0 Å². The van der Waals surface area contributed by atoms with E-state index in [0.717, 1.165) is 39.6 Å². The molecule has 126 valence electrons. The Labute approximate surface area is 149 Å². The van der Waals surface area contributed by atoms with E-state index >= 15 is 0 Å². The van der Waals surface area contributed by atoms with Crippen molar-refractivity contribution in [3.05, 3.63) is 39.1 Å². The number of thiophene rings is 2. The van der Waals surface area contributed by atoms with Crippen molar-refractivity contribution in [2.24, 2.45) is 0 Å². The monoisotopic (exact) mass is 359 g/mol. The van der Waals surface area contributed by atoms with Crippen molar-refractivity contribution >= 4 is 32.9 Å². The number of hydrogen-bond acceptors (Lipinski definition) is 5. The molecule has 0 saturated carbocycles. The van der Waals surface area contributed by atoms with Crippen LogP contribution in [0.3, 0.4) is 0 Å². The van der Waals surface area contributed by atoms with Crippen molar-refractivity contribution in [2.75, 3.05) is 13.1 Å². The van der Waals surface area contributed by atoms with Crippen LogP contribution in [0.2, 0.25) is 0 Å². The van der Waals surface area contributed by atoms with Gasteiger partial charge < -0.3 is 4.98 Å². The first-order valence-electron chi connectivity index (χ1n) is 8.53. The molecular weight excluding hydrogens is 338 g/mol. The van der Waals surface area contributed by atoms with E-state index in [1.807, 2.05) is 11.4 Å². The third kappa shape index (κ3) is 2.94. The molecule has 1 aliphatic rings. The van der Waals surface area contributed by atoms with Gasteiger partial charge in [-0.25, -0.2) is 4.98 Å². The minimum atomic E-state index is -0.0127. The molecule has 1 N–H and O–H groups in total. The van der Waals surface area contributed by atoms with E-state index in [4.69, 9.17) is 4.98 Å². The zero-order chi connectivity index (χ0) is 16.5. The van der Waals surface area contributed by atoms with Gasteiger partial charge in [-0.15, -0.1) is 22.7 Å². The lowest BCUT2D eigenvalue weighted by Gasteiger charge is -2.26. The highest BCUT2D eigenvalue weighted by Crippen LogP contribution is 2.34. The SMILES string of the molecule is C[C@@H](c1nc2scc(-c3cccs3)c2c(=O)[nH]1)N1CCCCCC1. The summed E-state index contributed by atoms with van der Waals surface area (Å²) in [5.41, 5.74) is 0.994. The van der Waals surface area contributed by atoms with Gasteiger partial charge in [0.25, 0.3) is 5.56 Å². The minimum Gasteiger partial charge on any atom is -0.309 e. The number of aromatic amines is 1. The van der Waals surface area contributed by atoms with Crippen molar-refractivity contribution in [3.8, 4) is 10.4 Å². The fraction of sp³-hybridized carbons (Fsp3) is 0.444. The lowest BCUT2D eigenvalue weighted by Crippen LogP contribution is -2.30. The lowest BCUT2D eigenvalue weighted by molar-refractivity contribution is 0.211. The smallest absolute Gasteiger partial charge is 0.260 e. The van der Waals surface area contributed by atoms with Gasteiger partial charge in [0.15, 0.2) is 0 Å². The average molecular weight is 360 g/mol. The zero-order valence-electron chi connectivity index (χ0n) is 13.7. The highest BCUT2D eigenvalue weighted by Gasteiger charge is 2.21. The summed E-state index contributed by atoms with van der Waals surface area (Å²) in [5.74, 6) is 0.800. The molecule has 0 aliphatic carbocycles. The normalized spacial score (nSPS) is 17.9. The summed E-state index contributed by atoms with van der Waals surface area (Å²) in [6, 6.07) is 4.23. The summed E-state index contributed by atoms with van der Waals surface area (Å²) in [6.07, 6.45) is 5.08. The minimum absolute atomic E-state index is 0.0127. The van der Waals surface area contributed by atoms with E-state index in [0.29, 0.717) is 0 Å².